The zero-order valence-corrected chi connectivity index (χ0v) is 6.91. The van der Waals surface area contributed by atoms with Gasteiger partial charge in [0.05, 0.1) is 0 Å². The van der Waals surface area contributed by atoms with E-state index in [0.717, 1.165) is 6.08 Å². The molecule has 0 aromatic carbocycles. The first-order valence-corrected chi connectivity index (χ1v) is 2.96. The average molecular weight is 213 g/mol. The van der Waals surface area contributed by atoms with Crippen molar-refractivity contribution in [1.29, 1.82) is 0 Å². The summed E-state index contributed by atoms with van der Waals surface area (Å²) in [7, 11) is 0. The number of ketones is 2. The summed E-state index contributed by atoms with van der Waals surface area (Å²) < 4.78 is 35.7. The molecule has 0 atom stereocenters. The summed E-state index contributed by atoms with van der Waals surface area (Å²) >= 11 is 0. The summed E-state index contributed by atoms with van der Waals surface area (Å²) in [6.45, 7) is 0. The van der Waals surface area contributed by atoms with E-state index in [4.69, 9.17) is 0 Å². The second-order valence-electron chi connectivity index (χ2n) is 2.16. The summed E-state index contributed by atoms with van der Waals surface area (Å²) in [4.78, 5) is 21.0. The lowest BCUT2D eigenvalue weighted by molar-refractivity contribution is -0.127. The molecule has 6 heteroatoms. The minimum atomic E-state index is -4.74. The van der Waals surface area contributed by atoms with Crippen molar-refractivity contribution in [3.63, 3.8) is 0 Å². The summed E-state index contributed by atoms with van der Waals surface area (Å²) in [5.74, 6) is -2.00. The first kappa shape index (κ1) is 11.9. The van der Waals surface area contributed by atoms with Gasteiger partial charge >= 0.3 is 6.18 Å². The van der Waals surface area contributed by atoms with Gasteiger partial charge in [-0.1, -0.05) is 0 Å². The Morgan fingerprint density at radius 2 is 1.62 bits per heavy atom. The fourth-order valence-corrected chi connectivity index (χ4v) is 0.731. The fraction of sp³-hybridized carbons (Fsp3) is 0.143. The van der Waals surface area contributed by atoms with Crippen LogP contribution in [0, 0.1) is 0 Å². The van der Waals surface area contributed by atoms with Gasteiger partial charge in [-0.25, -0.2) is 0 Å². The van der Waals surface area contributed by atoms with Gasteiger partial charge in [0.1, 0.15) is 5.57 Å². The molecule has 0 aromatic rings. The molecule has 0 unspecified atom stereocenters. The van der Waals surface area contributed by atoms with Gasteiger partial charge in [0, 0.05) is 6.08 Å². The van der Waals surface area contributed by atoms with Crippen molar-refractivity contribution < 1.29 is 22.8 Å². The van der Waals surface area contributed by atoms with E-state index in [1.165, 1.54) is 0 Å². The maximum absolute atomic E-state index is 11.9. The molecule has 13 heavy (non-hydrogen) atoms. The van der Waals surface area contributed by atoms with Crippen LogP contribution in [-0.2, 0) is 9.59 Å². The average Bonchev–Trinajstić information content (AvgIpc) is 1.92. The third kappa shape index (κ3) is 2.69. The van der Waals surface area contributed by atoms with Gasteiger partial charge in [-0.3, -0.25) is 9.59 Å². The lowest BCUT2D eigenvalue weighted by Gasteiger charge is -2.09. The van der Waals surface area contributed by atoms with Crippen molar-refractivity contribution in [3.05, 3.63) is 23.8 Å². The van der Waals surface area contributed by atoms with Gasteiger partial charge in [-0.2, -0.15) is 13.2 Å². The minimum absolute atomic E-state index is 0. The van der Waals surface area contributed by atoms with Crippen molar-refractivity contribution in [2.75, 3.05) is 0 Å². The number of carbonyl (C=O) groups excluding carboxylic acids is 2. The van der Waals surface area contributed by atoms with Gasteiger partial charge < -0.3 is 0 Å². The molecule has 0 aliphatic heterocycles. The molecule has 1 rings (SSSR count). The van der Waals surface area contributed by atoms with E-state index in [0.29, 0.717) is 12.2 Å². The molecule has 0 bridgehead atoms. The molecule has 1 aliphatic carbocycles. The number of carbonyl (C=O) groups is 2. The Morgan fingerprint density at radius 1 is 1.08 bits per heavy atom. The Kier molecular flexibility index (Phi) is 3.42. The van der Waals surface area contributed by atoms with Crippen LogP contribution in [0.4, 0.5) is 13.2 Å². The molecule has 2 nitrogen and oxygen atoms in total. The molecule has 0 saturated carbocycles. The summed E-state index contributed by atoms with van der Waals surface area (Å²) in [6, 6.07) is 0. The van der Waals surface area contributed by atoms with E-state index in [2.05, 4.69) is 0 Å². The molecule has 0 radical (unpaired) electrons. The molecular formula is C7H4ClF3O2. The smallest absolute Gasteiger partial charge is 0.290 e. The van der Waals surface area contributed by atoms with E-state index in [9.17, 15) is 22.8 Å². The summed E-state index contributed by atoms with van der Waals surface area (Å²) in [5.41, 5.74) is -1.41. The highest BCUT2D eigenvalue weighted by Gasteiger charge is 2.38. The molecule has 0 amide bonds. The van der Waals surface area contributed by atoms with Crippen molar-refractivity contribution in [2.45, 2.75) is 6.18 Å². The Hall–Kier alpha value is -1.10. The fourth-order valence-electron chi connectivity index (χ4n) is 0.731. The lowest BCUT2D eigenvalue weighted by Crippen LogP contribution is -2.22. The van der Waals surface area contributed by atoms with E-state index >= 15 is 0 Å². The maximum Gasteiger partial charge on any atom is 0.420 e. The third-order valence-corrected chi connectivity index (χ3v) is 1.26. The van der Waals surface area contributed by atoms with E-state index in [1.807, 2.05) is 0 Å². The molecule has 1 aliphatic rings. The van der Waals surface area contributed by atoms with Crippen LogP contribution in [0.2, 0.25) is 0 Å². The molecule has 72 valence electrons. The highest BCUT2D eigenvalue weighted by Crippen LogP contribution is 2.27. The van der Waals surface area contributed by atoms with Crippen molar-refractivity contribution in [1.82, 2.24) is 0 Å². The molecule has 0 heterocycles. The predicted octanol–water partition coefficient (Wildman–Crippen LogP) is 1.60. The number of allylic oxidation sites excluding steroid dienone is 4. The highest BCUT2D eigenvalue weighted by atomic mass is 35.5. The minimum Gasteiger partial charge on any atom is -0.290 e. The Balaban J connectivity index is 0.00000144. The number of hydrogen-bond acceptors (Lipinski definition) is 2. The summed E-state index contributed by atoms with van der Waals surface area (Å²) in [6.07, 6.45) is -3.03. The van der Waals surface area contributed by atoms with Crippen LogP contribution in [0.1, 0.15) is 0 Å². The number of rotatable bonds is 0. The van der Waals surface area contributed by atoms with E-state index < -0.39 is 23.3 Å². The molecule has 0 fully saturated rings. The Labute approximate surface area is 77.5 Å². The molecule has 0 spiro atoms. The van der Waals surface area contributed by atoms with Gasteiger partial charge in [-0.05, 0) is 12.2 Å². The molecule has 0 aromatic heterocycles. The standard InChI is InChI=1S/C7H3F3O2.ClH/c8-7(9,10)5-3-4(11)1-2-6(5)12;/h1-3H;1H. The quantitative estimate of drug-likeness (QED) is 0.572. The number of alkyl halides is 3. The van der Waals surface area contributed by atoms with Crippen LogP contribution in [0.5, 0.6) is 0 Å². The van der Waals surface area contributed by atoms with Crippen molar-refractivity contribution in [2.24, 2.45) is 0 Å². The van der Waals surface area contributed by atoms with E-state index in [-0.39, 0.29) is 12.4 Å². The largest absolute Gasteiger partial charge is 0.420 e. The SMILES string of the molecule is Cl.O=C1C=CC(=O)C(C(F)(F)F)=C1. The summed E-state index contributed by atoms with van der Waals surface area (Å²) in [5, 5.41) is 0. The van der Waals surface area contributed by atoms with E-state index in [1.54, 1.807) is 0 Å². The monoisotopic (exact) mass is 212 g/mol. The maximum atomic E-state index is 11.9. The predicted molar refractivity (Wildman–Crippen MR) is 40.5 cm³/mol. The van der Waals surface area contributed by atoms with Crippen molar-refractivity contribution in [3.8, 4) is 0 Å². The topological polar surface area (TPSA) is 34.1 Å². The number of hydrogen-bond donors (Lipinski definition) is 0. The van der Waals surface area contributed by atoms with Crippen LogP contribution in [0.25, 0.3) is 0 Å². The molecule has 0 N–H and O–H groups in total. The zero-order chi connectivity index (χ0) is 9.35. The molecular weight excluding hydrogens is 209 g/mol. The Bertz CT molecular complexity index is 301. The van der Waals surface area contributed by atoms with Crippen LogP contribution in [0.15, 0.2) is 23.8 Å². The normalized spacial score (nSPS) is 16.7. The molecule has 0 saturated heterocycles. The zero-order valence-electron chi connectivity index (χ0n) is 6.09. The second-order valence-corrected chi connectivity index (χ2v) is 2.16. The lowest BCUT2D eigenvalue weighted by atomic mass is 10.0. The number of halogens is 4. The van der Waals surface area contributed by atoms with Crippen molar-refractivity contribution >= 4 is 24.0 Å². The third-order valence-electron chi connectivity index (χ3n) is 1.26. The van der Waals surface area contributed by atoms with Crippen LogP contribution in [0.3, 0.4) is 0 Å². The first-order valence-electron chi connectivity index (χ1n) is 2.96. The second kappa shape index (κ2) is 3.74. The van der Waals surface area contributed by atoms with Gasteiger partial charge in [-0.15, -0.1) is 12.4 Å². The first-order chi connectivity index (χ1) is 5.41. The van der Waals surface area contributed by atoms with Crippen LogP contribution >= 0.6 is 12.4 Å². The van der Waals surface area contributed by atoms with Crippen LogP contribution < -0.4 is 0 Å². The van der Waals surface area contributed by atoms with Crippen LogP contribution in [-0.4, -0.2) is 17.7 Å². The van der Waals surface area contributed by atoms with Gasteiger partial charge in [0.15, 0.2) is 11.6 Å². The van der Waals surface area contributed by atoms with Gasteiger partial charge in [0.25, 0.3) is 0 Å². The Morgan fingerprint density at radius 3 is 2.00 bits per heavy atom. The van der Waals surface area contributed by atoms with Gasteiger partial charge in [0.2, 0.25) is 0 Å². The highest BCUT2D eigenvalue weighted by molar-refractivity contribution is 6.17.